The highest BCUT2D eigenvalue weighted by molar-refractivity contribution is 7.92. The lowest BCUT2D eigenvalue weighted by molar-refractivity contribution is 0.0693. The zero-order valence-electron chi connectivity index (χ0n) is 14.5. The molecule has 3 rings (SSSR count). The minimum atomic E-state index is -4.10. The van der Waals surface area contributed by atoms with E-state index in [2.05, 4.69) is 4.72 Å². The third kappa shape index (κ3) is 3.83. The van der Waals surface area contributed by atoms with Crippen molar-refractivity contribution in [2.24, 2.45) is 0 Å². The number of aliphatic hydroxyl groups excluding tert-OH is 1. The molecule has 7 nitrogen and oxygen atoms in total. The molecule has 0 atom stereocenters. The number of aromatic hydroxyl groups is 1. The number of carbonyl (C=O) groups is 1. The Morgan fingerprint density at radius 1 is 0.964 bits per heavy atom. The second-order valence-corrected chi connectivity index (χ2v) is 7.60. The van der Waals surface area contributed by atoms with Crippen molar-refractivity contribution in [2.45, 2.75) is 11.5 Å². The number of nitrogens with one attached hydrogen (secondary N) is 1. The normalized spacial score (nSPS) is 11.2. The summed E-state index contributed by atoms with van der Waals surface area (Å²) in [6, 6.07) is 17.1. The molecule has 0 spiro atoms. The second-order valence-electron chi connectivity index (χ2n) is 5.95. The number of aliphatic hydroxyl groups is 1. The summed E-state index contributed by atoms with van der Waals surface area (Å²) in [6.45, 7) is -0.496. The van der Waals surface area contributed by atoms with Gasteiger partial charge >= 0.3 is 5.97 Å². The molecule has 3 aromatic rings. The summed E-state index contributed by atoms with van der Waals surface area (Å²) in [7, 11) is -4.10. The predicted molar refractivity (Wildman–Crippen MR) is 104 cm³/mol. The maximum absolute atomic E-state index is 12.9. The fourth-order valence-corrected chi connectivity index (χ4v) is 4.16. The van der Waals surface area contributed by atoms with Crippen molar-refractivity contribution in [3.63, 3.8) is 0 Å². The van der Waals surface area contributed by atoms with Crippen LogP contribution in [0.4, 0.5) is 5.69 Å². The third-order valence-corrected chi connectivity index (χ3v) is 5.61. The molecule has 28 heavy (non-hydrogen) atoms. The van der Waals surface area contributed by atoms with Crippen LogP contribution in [0.15, 0.2) is 71.6 Å². The number of rotatable bonds is 6. The Morgan fingerprint density at radius 3 is 2.29 bits per heavy atom. The molecule has 0 bridgehead atoms. The number of sulfonamides is 1. The van der Waals surface area contributed by atoms with Crippen LogP contribution in [-0.4, -0.2) is 29.7 Å². The second kappa shape index (κ2) is 7.71. The van der Waals surface area contributed by atoms with Crippen molar-refractivity contribution in [3.8, 4) is 16.9 Å². The average Bonchev–Trinajstić information content (AvgIpc) is 2.67. The van der Waals surface area contributed by atoms with Crippen molar-refractivity contribution < 1.29 is 28.5 Å². The van der Waals surface area contributed by atoms with Crippen molar-refractivity contribution in [2.75, 3.05) is 4.72 Å². The van der Waals surface area contributed by atoms with Crippen molar-refractivity contribution in [1.29, 1.82) is 0 Å². The van der Waals surface area contributed by atoms with E-state index in [1.165, 1.54) is 12.1 Å². The van der Waals surface area contributed by atoms with Gasteiger partial charge in [-0.15, -0.1) is 0 Å². The van der Waals surface area contributed by atoms with Crippen LogP contribution in [0.3, 0.4) is 0 Å². The van der Waals surface area contributed by atoms with E-state index in [1.807, 2.05) is 18.2 Å². The van der Waals surface area contributed by atoms with E-state index in [0.29, 0.717) is 5.56 Å². The highest BCUT2D eigenvalue weighted by atomic mass is 32.2. The number of anilines is 1. The summed E-state index contributed by atoms with van der Waals surface area (Å²) in [6.07, 6.45) is 0. The van der Waals surface area contributed by atoms with Gasteiger partial charge in [0.1, 0.15) is 11.3 Å². The van der Waals surface area contributed by atoms with E-state index in [0.717, 1.165) is 17.7 Å². The lowest BCUT2D eigenvalue weighted by Gasteiger charge is -2.15. The first-order valence-electron chi connectivity index (χ1n) is 8.21. The smallest absolute Gasteiger partial charge is 0.339 e. The molecule has 0 unspecified atom stereocenters. The predicted octanol–water partition coefficient (Wildman–Crippen LogP) is 3.05. The van der Waals surface area contributed by atoms with Gasteiger partial charge in [-0.2, -0.15) is 0 Å². The van der Waals surface area contributed by atoms with E-state index < -0.39 is 28.3 Å². The number of benzene rings is 3. The van der Waals surface area contributed by atoms with Crippen LogP contribution in [0.2, 0.25) is 0 Å². The SMILES string of the molecule is O=C(O)c1ccc(NS(=O)(=O)c2cccc(-c3ccccc3)c2CO)cc1O. The zero-order chi connectivity index (χ0) is 20.3. The summed E-state index contributed by atoms with van der Waals surface area (Å²) >= 11 is 0. The summed E-state index contributed by atoms with van der Waals surface area (Å²) in [5.74, 6) is -1.89. The van der Waals surface area contributed by atoms with Gasteiger partial charge in [-0.1, -0.05) is 42.5 Å². The van der Waals surface area contributed by atoms with E-state index in [9.17, 15) is 23.4 Å². The minimum absolute atomic E-state index is 0.00324. The molecule has 0 saturated carbocycles. The Balaban J connectivity index is 2.03. The van der Waals surface area contributed by atoms with Crippen molar-refractivity contribution in [1.82, 2.24) is 0 Å². The van der Waals surface area contributed by atoms with Gasteiger partial charge in [0, 0.05) is 11.6 Å². The first-order valence-corrected chi connectivity index (χ1v) is 9.69. The molecule has 0 saturated heterocycles. The molecule has 0 heterocycles. The van der Waals surface area contributed by atoms with E-state index in [1.54, 1.807) is 24.3 Å². The van der Waals surface area contributed by atoms with Crippen molar-refractivity contribution >= 4 is 21.7 Å². The molecule has 0 aliphatic heterocycles. The van der Waals surface area contributed by atoms with Gasteiger partial charge in [0.15, 0.2) is 0 Å². The van der Waals surface area contributed by atoms with Gasteiger partial charge in [0.05, 0.1) is 17.2 Å². The van der Waals surface area contributed by atoms with Crippen molar-refractivity contribution in [3.05, 3.63) is 77.9 Å². The maximum Gasteiger partial charge on any atom is 0.339 e. The molecule has 0 aliphatic rings. The maximum atomic E-state index is 12.9. The van der Waals surface area contributed by atoms with E-state index in [-0.39, 0.29) is 21.7 Å². The van der Waals surface area contributed by atoms with Gasteiger partial charge in [0.25, 0.3) is 10.0 Å². The summed E-state index contributed by atoms with van der Waals surface area (Å²) in [4.78, 5) is 10.9. The first-order chi connectivity index (χ1) is 13.3. The van der Waals surface area contributed by atoms with Crippen LogP contribution < -0.4 is 4.72 Å². The molecule has 0 aromatic heterocycles. The fourth-order valence-electron chi connectivity index (χ4n) is 2.85. The number of hydrogen-bond donors (Lipinski definition) is 4. The first kappa shape index (κ1) is 19.4. The third-order valence-electron chi connectivity index (χ3n) is 4.15. The molecule has 0 fully saturated rings. The van der Waals surface area contributed by atoms with Crippen LogP contribution in [0.25, 0.3) is 11.1 Å². The number of phenols is 1. The Hall–Kier alpha value is -3.36. The summed E-state index contributed by atoms with van der Waals surface area (Å²) < 4.78 is 28.1. The van der Waals surface area contributed by atoms with Crippen LogP contribution in [0, 0.1) is 0 Å². The summed E-state index contributed by atoms with van der Waals surface area (Å²) in [5, 5.41) is 28.5. The largest absolute Gasteiger partial charge is 0.507 e. The monoisotopic (exact) mass is 399 g/mol. The number of aromatic carboxylic acids is 1. The average molecular weight is 399 g/mol. The van der Waals surface area contributed by atoms with Gasteiger partial charge in [0.2, 0.25) is 0 Å². The Kier molecular flexibility index (Phi) is 5.34. The number of carboxylic acid groups (broad SMARTS) is 1. The van der Waals surface area contributed by atoms with Gasteiger partial charge < -0.3 is 15.3 Å². The zero-order valence-corrected chi connectivity index (χ0v) is 15.3. The molecule has 0 aliphatic carbocycles. The molecular formula is C20H17NO6S. The highest BCUT2D eigenvalue weighted by Gasteiger charge is 2.22. The number of hydrogen-bond acceptors (Lipinski definition) is 5. The van der Waals surface area contributed by atoms with E-state index >= 15 is 0 Å². The molecule has 144 valence electrons. The lowest BCUT2D eigenvalue weighted by atomic mass is 10.0. The minimum Gasteiger partial charge on any atom is -0.507 e. The topological polar surface area (TPSA) is 124 Å². The molecule has 0 radical (unpaired) electrons. The van der Waals surface area contributed by atoms with E-state index in [4.69, 9.17) is 5.11 Å². The quantitative estimate of drug-likeness (QED) is 0.505. The summed E-state index contributed by atoms with van der Waals surface area (Å²) in [5.41, 5.74) is 1.22. The van der Waals surface area contributed by atoms with Crippen LogP contribution in [0.5, 0.6) is 5.75 Å². The fraction of sp³-hybridized carbons (Fsp3) is 0.0500. The molecule has 4 N–H and O–H groups in total. The number of carboxylic acids is 1. The van der Waals surface area contributed by atoms with Gasteiger partial charge in [-0.05, 0) is 29.3 Å². The highest BCUT2D eigenvalue weighted by Crippen LogP contribution is 2.31. The Morgan fingerprint density at radius 2 is 1.68 bits per heavy atom. The standard InChI is InChI=1S/C20H17NO6S/c22-12-17-15(13-5-2-1-3-6-13)7-4-8-19(17)28(26,27)21-14-9-10-16(20(24)25)18(23)11-14/h1-11,21-23H,12H2,(H,24,25). The van der Waals surface area contributed by atoms with Crippen LogP contribution in [0.1, 0.15) is 15.9 Å². The molecular weight excluding hydrogens is 382 g/mol. The van der Waals surface area contributed by atoms with Crippen LogP contribution >= 0.6 is 0 Å². The molecule has 0 amide bonds. The molecule has 8 heteroatoms. The van der Waals surface area contributed by atoms with Gasteiger partial charge in [-0.3, -0.25) is 4.72 Å². The lowest BCUT2D eigenvalue weighted by Crippen LogP contribution is -2.16. The molecule has 3 aromatic carbocycles. The Bertz CT molecular complexity index is 1130. The van der Waals surface area contributed by atoms with Gasteiger partial charge in [-0.25, -0.2) is 13.2 Å². The Labute approximate surface area is 161 Å². The van der Waals surface area contributed by atoms with Crippen LogP contribution in [-0.2, 0) is 16.6 Å².